The van der Waals surface area contributed by atoms with Crippen molar-refractivity contribution >= 4 is 6.03 Å². The molecule has 106 valence electrons. The van der Waals surface area contributed by atoms with Gasteiger partial charge in [-0.05, 0) is 38.0 Å². The van der Waals surface area contributed by atoms with Gasteiger partial charge in [-0.15, -0.1) is 0 Å². The molecule has 1 aliphatic carbocycles. The van der Waals surface area contributed by atoms with Crippen LogP contribution in [0.1, 0.15) is 59.3 Å². The molecule has 0 heterocycles. The van der Waals surface area contributed by atoms with Crippen molar-refractivity contribution in [3.05, 3.63) is 0 Å². The van der Waals surface area contributed by atoms with Crippen LogP contribution in [-0.4, -0.2) is 29.8 Å². The van der Waals surface area contributed by atoms with Crippen molar-refractivity contribution in [3.8, 4) is 0 Å². The van der Waals surface area contributed by atoms with Crippen molar-refractivity contribution in [2.75, 3.05) is 13.2 Å². The summed E-state index contributed by atoms with van der Waals surface area (Å²) in [6.45, 7) is 6.86. The molecule has 0 aliphatic heterocycles. The predicted molar refractivity (Wildman–Crippen MR) is 73.5 cm³/mol. The molecule has 0 radical (unpaired) electrons. The number of nitrogens with one attached hydrogen (secondary N) is 2. The van der Waals surface area contributed by atoms with Crippen LogP contribution in [0.15, 0.2) is 0 Å². The second kappa shape index (κ2) is 6.41. The van der Waals surface area contributed by atoms with E-state index in [0.29, 0.717) is 5.41 Å². The van der Waals surface area contributed by atoms with E-state index in [1.54, 1.807) is 0 Å². The Bertz CT molecular complexity index is 277. The summed E-state index contributed by atoms with van der Waals surface area (Å²) in [5, 5.41) is 15.2. The zero-order valence-corrected chi connectivity index (χ0v) is 12.0. The van der Waals surface area contributed by atoms with Crippen molar-refractivity contribution in [1.82, 2.24) is 10.6 Å². The van der Waals surface area contributed by atoms with Crippen molar-refractivity contribution in [2.24, 2.45) is 5.41 Å². The van der Waals surface area contributed by atoms with Crippen LogP contribution < -0.4 is 10.6 Å². The van der Waals surface area contributed by atoms with Crippen LogP contribution in [0.25, 0.3) is 0 Å². The van der Waals surface area contributed by atoms with Crippen LogP contribution in [0, 0.1) is 5.41 Å². The first kappa shape index (κ1) is 15.3. The standard InChI is InChI=1S/C14H28N2O2/c1-4-6-13(3,11-17)16-12(18)15-10-14(7-5-2)8-9-14/h17H,4-11H2,1-3H3,(H2,15,16,18). The largest absolute Gasteiger partial charge is 0.394 e. The molecule has 0 saturated heterocycles. The summed E-state index contributed by atoms with van der Waals surface area (Å²) in [4.78, 5) is 11.8. The van der Waals surface area contributed by atoms with Crippen LogP contribution >= 0.6 is 0 Å². The van der Waals surface area contributed by atoms with Crippen molar-refractivity contribution in [3.63, 3.8) is 0 Å². The monoisotopic (exact) mass is 256 g/mol. The lowest BCUT2D eigenvalue weighted by Crippen LogP contribution is -2.53. The minimum atomic E-state index is -0.500. The van der Waals surface area contributed by atoms with E-state index in [1.807, 2.05) is 13.8 Å². The van der Waals surface area contributed by atoms with Crippen LogP contribution in [0.4, 0.5) is 4.79 Å². The second-order valence-electron chi connectivity index (χ2n) is 6.03. The van der Waals surface area contributed by atoms with E-state index in [-0.39, 0.29) is 12.6 Å². The molecule has 4 nitrogen and oxygen atoms in total. The molecule has 1 atom stereocenters. The number of aliphatic hydroxyl groups excluding tert-OH is 1. The summed E-state index contributed by atoms with van der Waals surface area (Å²) in [6.07, 6.45) is 6.56. The Labute approximate surface area is 111 Å². The number of hydrogen-bond acceptors (Lipinski definition) is 2. The van der Waals surface area contributed by atoms with Gasteiger partial charge >= 0.3 is 6.03 Å². The van der Waals surface area contributed by atoms with Gasteiger partial charge in [0, 0.05) is 6.54 Å². The van der Waals surface area contributed by atoms with E-state index in [4.69, 9.17) is 0 Å². The van der Waals surface area contributed by atoms with Gasteiger partial charge in [0.05, 0.1) is 12.1 Å². The number of rotatable bonds is 8. The van der Waals surface area contributed by atoms with E-state index in [0.717, 1.165) is 19.4 Å². The highest BCUT2D eigenvalue weighted by Crippen LogP contribution is 2.48. The molecule has 2 amide bonds. The Hall–Kier alpha value is -0.770. The third kappa shape index (κ3) is 4.48. The lowest BCUT2D eigenvalue weighted by atomic mass is 9.97. The predicted octanol–water partition coefficient (Wildman–Crippen LogP) is 2.42. The highest BCUT2D eigenvalue weighted by molar-refractivity contribution is 5.74. The summed E-state index contributed by atoms with van der Waals surface area (Å²) in [5.74, 6) is 0. The Morgan fingerprint density at radius 1 is 1.33 bits per heavy atom. The summed E-state index contributed by atoms with van der Waals surface area (Å²) >= 11 is 0. The topological polar surface area (TPSA) is 61.4 Å². The molecule has 0 spiro atoms. The van der Waals surface area contributed by atoms with Gasteiger partial charge in [0.2, 0.25) is 0 Å². The molecule has 0 aromatic carbocycles. The summed E-state index contributed by atoms with van der Waals surface area (Å²) < 4.78 is 0. The van der Waals surface area contributed by atoms with Crippen LogP contribution in [-0.2, 0) is 0 Å². The normalized spacial score (nSPS) is 20.0. The Balaban J connectivity index is 2.32. The minimum Gasteiger partial charge on any atom is -0.394 e. The quantitative estimate of drug-likeness (QED) is 0.624. The van der Waals surface area contributed by atoms with E-state index in [2.05, 4.69) is 17.6 Å². The van der Waals surface area contributed by atoms with E-state index < -0.39 is 5.54 Å². The smallest absolute Gasteiger partial charge is 0.315 e. The molecular formula is C14H28N2O2. The Morgan fingerprint density at radius 2 is 2.00 bits per heavy atom. The maximum absolute atomic E-state index is 11.8. The third-order valence-corrected chi connectivity index (χ3v) is 3.93. The maximum Gasteiger partial charge on any atom is 0.315 e. The first-order valence-electron chi connectivity index (χ1n) is 7.16. The minimum absolute atomic E-state index is 0.0195. The first-order chi connectivity index (χ1) is 8.49. The molecule has 1 unspecified atom stereocenters. The van der Waals surface area contributed by atoms with Crippen LogP contribution in [0.2, 0.25) is 0 Å². The number of carbonyl (C=O) groups excluding carboxylic acids is 1. The van der Waals surface area contributed by atoms with E-state index in [9.17, 15) is 9.90 Å². The summed E-state index contributed by atoms with van der Waals surface area (Å²) in [6, 6.07) is -0.151. The van der Waals surface area contributed by atoms with Gasteiger partial charge in [0.1, 0.15) is 0 Å². The molecule has 0 aromatic heterocycles. The molecule has 1 fully saturated rings. The summed E-state index contributed by atoms with van der Waals surface area (Å²) in [7, 11) is 0. The molecule has 3 N–H and O–H groups in total. The fourth-order valence-corrected chi connectivity index (χ4v) is 2.54. The molecule has 18 heavy (non-hydrogen) atoms. The second-order valence-corrected chi connectivity index (χ2v) is 6.03. The molecule has 4 heteroatoms. The lowest BCUT2D eigenvalue weighted by Gasteiger charge is -2.29. The molecule has 1 rings (SSSR count). The van der Waals surface area contributed by atoms with Crippen molar-refractivity contribution < 1.29 is 9.90 Å². The first-order valence-corrected chi connectivity index (χ1v) is 7.16. The number of amides is 2. The highest BCUT2D eigenvalue weighted by Gasteiger charge is 2.41. The van der Waals surface area contributed by atoms with Gasteiger partial charge in [0.15, 0.2) is 0 Å². The van der Waals surface area contributed by atoms with Gasteiger partial charge < -0.3 is 15.7 Å². The van der Waals surface area contributed by atoms with Gasteiger partial charge in [-0.25, -0.2) is 4.79 Å². The van der Waals surface area contributed by atoms with Gasteiger partial charge in [-0.3, -0.25) is 0 Å². The summed E-state index contributed by atoms with van der Waals surface area (Å²) in [5.41, 5.74) is -0.132. The molecule has 0 bridgehead atoms. The van der Waals surface area contributed by atoms with Gasteiger partial charge in [-0.1, -0.05) is 26.7 Å². The fraction of sp³-hybridized carbons (Fsp3) is 0.929. The third-order valence-electron chi connectivity index (χ3n) is 3.93. The van der Waals surface area contributed by atoms with Gasteiger partial charge in [0.25, 0.3) is 0 Å². The van der Waals surface area contributed by atoms with Gasteiger partial charge in [-0.2, -0.15) is 0 Å². The zero-order valence-electron chi connectivity index (χ0n) is 12.0. The zero-order chi connectivity index (χ0) is 13.6. The fourth-order valence-electron chi connectivity index (χ4n) is 2.54. The Morgan fingerprint density at radius 3 is 2.44 bits per heavy atom. The van der Waals surface area contributed by atoms with E-state index in [1.165, 1.54) is 25.7 Å². The number of carbonyl (C=O) groups is 1. The lowest BCUT2D eigenvalue weighted by molar-refractivity contribution is 0.162. The molecule has 1 saturated carbocycles. The molecular weight excluding hydrogens is 228 g/mol. The number of aliphatic hydroxyl groups is 1. The number of hydrogen-bond donors (Lipinski definition) is 3. The SMILES string of the molecule is CCCC1(CNC(=O)NC(C)(CO)CCC)CC1. The van der Waals surface area contributed by atoms with Crippen LogP contribution in [0.3, 0.4) is 0 Å². The van der Waals surface area contributed by atoms with Crippen molar-refractivity contribution in [2.45, 2.75) is 64.8 Å². The average molecular weight is 256 g/mol. The average Bonchev–Trinajstić information content (AvgIpc) is 3.08. The number of urea groups is 1. The Kier molecular flexibility index (Phi) is 5.45. The maximum atomic E-state index is 11.8. The highest BCUT2D eigenvalue weighted by atomic mass is 16.3. The molecule has 1 aliphatic rings. The van der Waals surface area contributed by atoms with Crippen LogP contribution in [0.5, 0.6) is 0 Å². The van der Waals surface area contributed by atoms with Crippen molar-refractivity contribution in [1.29, 1.82) is 0 Å². The van der Waals surface area contributed by atoms with E-state index >= 15 is 0 Å². The molecule has 0 aromatic rings.